The Morgan fingerprint density at radius 2 is 1.38 bits per heavy atom. The van der Waals surface area contributed by atoms with Crippen LogP contribution in [-0.2, 0) is 56.9 Å². The number of nitrogens with two attached hydrogens (primary N) is 1. The summed E-state index contributed by atoms with van der Waals surface area (Å²) in [4.78, 5) is 33.5. The van der Waals surface area contributed by atoms with Gasteiger partial charge >= 0.3 is 118 Å². The Morgan fingerprint density at radius 1 is 0.840 bits per heavy atom. The minimum absolute atomic E-state index is 0. The molecule has 0 aromatic rings. The first-order valence-corrected chi connectivity index (χ1v) is 15.8. The van der Waals surface area contributed by atoms with Crippen LogP contribution < -0.4 is 139 Å². The fraction of sp³-hybridized carbons (Fsp3) is 0.950. The van der Waals surface area contributed by atoms with E-state index in [0.29, 0.717) is 0 Å². The van der Waals surface area contributed by atoms with Gasteiger partial charge in [-0.3, -0.25) is 4.18 Å². The van der Waals surface area contributed by atoms with Gasteiger partial charge in [-0.1, -0.05) is 0 Å². The Labute approximate surface area is 372 Å². The second-order valence-corrected chi connectivity index (χ2v) is 12.3. The molecule has 24 nitrogen and oxygen atoms in total. The van der Waals surface area contributed by atoms with E-state index < -0.39 is 143 Å². The summed E-state index contributed by atoms with van der Waals surface area (Å²) in [6.07, 6.45) is -27.9. The number of hydrogen-bond donors (Lipinski definition) is 8. The average molecular weight is 809 g/mol. The van der Waals surface area contributed by atoms with Crippen molar-refractivity contribution in [2.24, 2.45) is 5.73 Å². The summed E-state index contributed by atoms with van der Waals surface area (Å²) in [5.74, 6) is -1.78. The average Bonchev–Trinajstić information content (AvgIpc) is 2.96. The molecular weight excluding hydrogens is 777 g/mol. The van der Waals surface area contributed by atoms with Crippen molar-refractivity contribution >= 4 is 24.2 Å². The molecule has 3 saturated heterocycles. The molecule has 50 heavy (non-hydrogen) atoms. The van der Waals surface area contributed by atoms with E-state index in [9.17, 15) is 73.0 Å². The maximum absolute atomic E-state index is 11.3. The molecule has 3 fully saturated rings. The molecule has 0 unspecified atom stereocenters. The van der Waals surface area contributed by atoms with Crippen LogP contribution in [0.1, 0.15) is 0 Å². The van der Waals surface area contributed by atoms with Crippen molar-refractivity contribution in [3.8, 4) is 0 Å². The number of carbonyl (C=O) groups excluding carboxylic acids is 1. The van der Waals surface area contributed by atoms with Gasteiger partial charge < -0.3 is 103 Å². The number of aliphatic hydroxyl groups excluding tert-OH is 7. The second kappa shape index (κ2) is 24.0. The van der Waals surface area contributed by atoms with Crippen LogP contribution in [0.5, 0.6) is 0 Å². The zero-order valence-electron chi connectivity index (χ0n) is 27.1. The summed E-state index contributed by atoms with van der Waals surface area (Å²) in [5, 5.41) is 82.8. The van der Waals surface area contributed by atoms with Gasteiger partial charge in [-0.05, 0) is 0 Å². The summed E-state index contributed by atoms with van der Waals surface area (Å²) in [6, 6.07) is -1.76. The molecular formula is C20H32NNa4O23PS. The molecule has 9 N–H and O–H groups in total. The molecule has 270 valence electrons. The third-order valence-corrected chi connectivity index (χ3v) is 7.80. The van der Waals surface area contributed by atoms with E-state index >= 15 is 0 Å². The number of phosphoric ester groups is 1. The van der Waals surface area contributed by atoms with Gasteiger partial charge in [0, 0.05) is 0 Å². The minimum atomic E-state index is -5.90. The summed E-state index contributed by atoms with van der Waals surface area (Å²) in [5.41, 5.74) is 5.24. The van der Waals surface area contributed by atoms with Crippen LogP contribution in [-0.4, -0.2) is 173 Å². The maximum atomic E-state index is 11.3. The predicted molar refractivity (Wildman–Crippen MR) is 127 cm³/mol. The van der Waals surface area contributed by atoms with Gasteiger partial charge in [-0.15, -0.1) is 0 Å². The van der Waals surface area contributed by atoms with Gasteiger partial charge in [-0.2, -0.15) is 0 Å². The third kappa shape index (κ3) is 15.7. The van der Waals surface area contributed by atoms with Crippen LogP contribution in [0.2, 0.25) is 0 Å². The van der Waals surface area contributed by atoms with E-state index in [0.717, 1.165) is 0 Å². The Bertz CT molecular complexity index is 1180. The molecule has 0 radical (unpaired) electrons. The number of carboxylic acids is 1. The SMILES string of the molecule is N[C@@H](CO[C@@H]1OC[C@@H](O[C@@H]2O[C@H](COS(=O)(=O)[O-])[C@H](O[C@@H]3O[C@H](CO)[C@H](O)[C@H](O)[C@H]3O)[C@H](O)[C@H]2O)[C@H](O)[C@H]1OP(=O)([O-])[O-])C(=O)[O-].[Na+].[Na+].[Na+].[Na+]. The summed E-state index contributed by atoms with van der Waals surface area (Å²) >= 11 is 0. The molecule has 0 spiro atoms. The molecule has 15 atom stereocenters. The maximum Gasteiger partial charge on any atom is 1.00 e. The molecule has 30 heteroatoms. The van der Waals surface area contributed by atoms with Gasteiger partial charge in [0.25, 0.3) is 0 Å². The number of aliphatic hydroxyl groups is 7. The summed E-state index contributed by atoms with van der Waals surface area (Å²) in [7, 11) is -11.3. The molecule has 3 aliphatic heterocycles. The van der Waals surface area contributed by atoms with E-state index in [1.165, 1.54) is 0 Å². The van der Waals surface area contributed by atoms with Crippen molar-refractivity contribution in [3.63, 3.8) is 0 Å². The van der Waals surface area contributed by atoms with E-state index in [4.69, 9.17) is 34.2 Å². The largest absolute Gasteiger partial charge is 1.00 e. The summed E-state index contributed by atoms with van der Waals surface area (Å²) < 4.78 is 84.6. The molecule has 0 bridgehead atoms. The molecule has 3 heterocycles. The van der Waals surface area contributed by atoms with Crippen molar-refractivity contribution in [2.75, 3.05) is 26.4 Å². The normalized spacial score (nSPS) is 38.3. The van der Waals surface area contributed by atoms with Crippen LogP contribution in [0.3, 0.4) is 0 Å². The fourth-order valence-corrected chi connectivity index (χ4v) is 5.35. The van der Waals surface area contributed by atoms with Crippen molar-refractivity contribution < 1.29 is 228 Å². The van der Waals surface area contributed by atoms with Crippen LogP contribution >= 0.6 is 7.82 Å². The second-order valence-electron chi connectivity index (χ2n) is 10.2. The minimum Gasteiger partial charge on any atom is -0.790 e. The molecule has 0 aromatic heterocycles. The number of phosphoric acid groups is 1. The molecule has 3 rings (SSSR count). The van der Waals surface area contributed by atoms with Crippen molar-refractivity contribution in [2.45, 2.75) is 92.1 Å². The van der Waals surface area contributed by atoms with Crippen LogP contribution in [0, 0.1) is 0 Å². The zero-order valence-corrected chi connectivity index (χ0v) is 36.8. The fourth-order valence-electron chi connectivity index (χ4n) is 4.52. The first kappa shape index (κ1) is 55.0. The number of carboxylic acid groups (broad SMARTS) is 1. The molecule has 0 amide bonds. The smallest absolute Gasteiger partial charge is 0.790 e. The Hall–Kier alpha value is 2.89. The standard InChI is InChI=1S/C20H36NO23PS.4Na/c21-5(17(29)30)2-37-20-16(44-45(31,32)33)10(24)7(3-38-20)41-18-14(28)12(26)15(8(42-18)4-39-46(34,35)36)43-19-13(27)11(25)9(23)6(1-22)40-19;;;;/h5-16,18-20,22-28H,1-4,21H2,(H,29,30)(H2,31,32,33)(H,34,35,36);;;;/q;4*+1/p-4/t5-,6+,7+,8+,9-,10-,11-,12+,13+,14+,15-,16+,18+,19-,20+;;;;/m0..../s1. The zero-order chi connectivity index (χ0) is 34.7. The Morgan fingerprint density at radius 3 is 1.90 bits per heavy atom. The first-order valence-electron chi connectivity index (χ1n) is 13.1. The number of ether oxygens (including phenoxy) is 6. The van der Waals surface area contributed by atoms with Gasteiger partial charge in [0.05, 0.1) is 46.3 Å². The first-order chi connectivity index (χ1) is 21.2. The van der Waals surface area contributed by atoms with Crippen LogP contribution in [0.4, 0.5) is 0 Å². The predicted octanol–water partition coefficient (Wildman–Crippen LogP) is -22.5. The summed E-state index contributed by atoms with van der Waals surface area (Å²) in [6.45, 7) is -3.80. The number of hydrogen-bond acceptors (Lipinski definition) is 24. The number of aliphatic carboxylic acids is 1. The van der Waals surface area contributed by atoms with Crippen LogP contribution in [0.25, 0.3) is 0 Å². The monoisotopic (exact) mass is 809 g/mol. The third-order valence-electron chi connectivity index (χ3n) is 6.87. The number of carbonyl (C=O) groups is 1. The quantitative estimate of drug-likeness (QED) is 0.0349. The van der Waals surface area contributed by atoms with E-state index in [1.54, 1.807) is 0 Å². The van der Waals surface area contributed by atoms with Gasteiger partial charge in [-0.25, -0.2) is 8.42 Å². The Kier molecular flexibility index (Phi) is 26.4. The van der Waals surface area contributed by atoms with Crippen molar-refractivity contribution in [3.05, 3.63) is 0 Å². The number of rotatable bonds is 14. The topological polar surface area (TPSA) is 402 Å². The molecule has 3 aliphatic rings. The molecule has 0 saturated carbocycles. The van der Waals surface area contributed by atoms with Gasteiger partial charge in [0.1, 0.15) is 67.1 Å². The van der Waals surface area contributed by atoms with E-state index in [2.05, 4.69) is 8.71 Å². The van der Waals surface area contributed by atoms with Crippen molar-refractivity contribution in [1.82, 2.24) is 0 Å². The van der Waals surface area contributed by atoms with Crippen molar-refractivity contribution in [1.29, 1.82) is 0 Å². The molecule has 0 aromatic carbocycles. The van der Waals surface area contributed by atoms with E-state index in [1.807, 2.05) is 0 Å². The van der Waals surface area contributed by atoms with Gasteiger partial charge in [0.2, 0.25) is 10.4 Å². The molecule has 0 aliphatic carbocycles. The van der Waals surface area contributed by atoms with Gasteiger partial charge in [0.15, 0.2) is 18.9 Å². The Balaban J connectivity index is 0. The van der Waals surface area contributed by atoms with Crippen LogP contribution in [0.15, 0.2) is 0 Å². The van der Waals surface area contributed by atoms with E-state index in [-0.39, 0.29) is 118 Å².